The lowest BCUT2D eigenvalue weighted by Crippen LogP contribution is -2.40. The van der Waals surface area contributed by atoms with Crippen molar-refractivity contribution in [2.75, 3.05) is 20.1 Å². The molecule has 2 N–H and O–H groups in total. The number of carbonyl (C=O) groups is 1. The van der Waals surface area contributed by atoms with Crippen LogP contribution in [0.15, 0.2) is 24.3 Å². The van der Waals surface area contributed by atoms with E-state index in [-0.39, 0.29) is 12.1 Å². The number of amides is 1. The Kier molecular flexibility index (Phi) is 6.35. The Balaban J connectivity index is 1.68. The largest absolute Gasteiger partial charge is 0.444 e. The van der Waals surface area contributed by atoms with Gasteiger partial charge in [-0.05, 0) is 64.6 Å². The van der Waals surface area contributed by atoms with Gasteiger partial charge in [-0.3, -0.25) is 4.90 Å². The van der Waals surface area contributed by atoms with Gasteiger partial charge in [0.25, 0.3) is 0 Å². The lowest BCUT2D eigenvalue weighted by Gasteiger charge is -2.34. The number of likely N-dealkylation sites (N-methyl/N-ethyl adjacent to an activating group) is 1. The standard InChI is InChI=1S/C23H37N3O2/c1-16(24)18-8-10-19(11-9-18)21(14-17-6-7-17)25(5)20-12-13-26(15-20)22(27)28-23(2,3)4/h8-11,16-17,20-21H,6-7,12-15,24H2,1-5H3/t16-,20+,21?/m0/s1. The number of rotatable bonds is 6. The van der Waals surface area contributed by atoms with Crippen molar-refractivity contribution in [1.29, 1.82) is 0 Å². The number of nitrogens with zero attached hydrogens (tertiary/aromatic N) is 2. The molecule has 1 aliphatic heterocycles. The fourth-order valence-corrected chi connectivity index (χ4v) is 4.05. The molecule has 1 aliphatic carbocycles. The average Bonchev–Trinajstić information content (AvgIpc) is 3.30. The topological polar surface area (TPSA) is 58.8 Å². The normalized spacial score (nSPS) is 22.4. The molecule has 0 radical (unpaired) electrons. The summed E-state index contributed by atoms with van der Waals surface area (Å²) in [7, 11) is 2.22. The van der Waals surface area contributed by atoms with Crippen LogP contribution in [-0.4, -0.2) is 47.7 Å². The Morgan fingerprint density at radius 3 is 2.36 bits per heavy atom. The van der Waals surface area contributed by atoms with Crippen molar-refractivity contribution < 1.29 is 9.53 Å². The van der Waals surface area contributed by atoms with Gasteiger partial charge in [-0.1, -0.05) is 37.1 Å². The van der Waals surface area contributed by atoms with Crippen LogP contribution in [0.2, 0.25) is 0 Å². The van der Waals surface area contributed by atoms with E-state index in [0.717, 1.165) is 25.4 Å². The van der Waals surface area contributed by atoms with Crippen molar-refractivity contribution in [2.45, 2.75) is 77.1 Å². The quantitative estimate of drug-likeness (QED) is 0.781. The highest BCUT2D eigenvalue weighted by molar-refractivity contribution is 5.68. The van der Waals surface area contributed by atoms with Crippen molar-refractivity contribution >= 4 is 6.09 Å². The second-order valence-corrected chi connectivity index (χ2v) is 9.68. The van der Waals surface area contributed by atoms with Crippen molar-refractivity contribution in [3.05, 3.63) is 35.4 Å². The summed E-state index contributed by atoms with van der Waals surface area (Å²) in [5.74, 6) is 0.837. The molecule has 5 heteroatoms. The lowest BCUT2D eigenvalue weighted by atomic mass is 9.96. The smallest absolute Gasteiger partial charge is 0.410 e. The highest BCUT2D eigenvalue weighted by atomic mass is 16.6. The van der Waals surface area contributed by atoms with E-state index in [1.54, 1.807) is 0 Å². The van der Waals surface area contributed by atoms with Crippen LogP contribution in [0.5, 0.6) is 0 Å². The molecule has 1 aromatic rings. The van der Waals surface area contributed by atoms with Crippen molar-refractivity contribution in [3.8, 4) is 0 Å². The Morgan fingerprint density at radius 1 is 1.21 bits per heavy atom. The molecule has 2 fully saturated rings. The highest BCUT2D eigenvalue weighted by Crippen LogP contribution is 2.41. The first kappa shape index (κ1) is 21.1. The molecular weight excluding hydrogens is 350 g/mol. The number of ether oxygens (including phenoxy) is 1. The monoisotopic (exact) mass is 387 g/mol. The number of likely N-dealkylation sites (tertiary alicyclic amines) is 1. The van der Waals surface area contributed by atoms with E-state index in [0.29, 0.717) is 12.1 Å². The van der Waals surface area contributed by atoms with E-state index in [2.05, 4.69) is 36.2 Å². The third-order valence-electron chi connectivity index (χ3n) is 5.98. The van der Waals surface area contributed by atoms with Gasteiger partial charge in [0, 0.05) is 31.2 Å². The zero-order valence-corrected chi connectivity index (χ0v) is 18.1. The maximum Gasteiger partial charge on any atom is 0.410 e. The molecule has 1 amide bonds. The summed E-state index contributed by atoms with van der Waals surface area (Å²) in [6, 6.07) is 9.62. The highest BCUT2D eigenvalue weighted by Gasteiger charge is 2.36. The van der Waals surface area contributed by atoms with E-state index in [9.17, 15) is 4.79 Å². The van der Waals surface area contributed by atoms with Crippen LogP contribution in [-0.2, 0) is 4.74 Å². The summed E-state index contributed by atoms with van der Waals surface area (Å²) < 4.78 is 5.56. The zero-order valence-electron chi connectivity index (χ0n) is 18.1. The van der Waals surface area contributed by atoms with Gasteiger partial charge in [0.15, 0.2) is 0 Å². The van der Waals surface area contributed by atoms with E-state index in [1.165, 1.54) is 30.4 Å². The van der Waals surface area contributed by atoms with Gasteiger partial charge in [0.1, 0.15) is 5.60 Å². The fourth-order valence-electron chi connectivity index (χ4n) is 4.05. The molecule has 1 aromatic carbocycles. The van der Waals surface area contributed by atoms with Gasteiger partial charge in [-0.15, -0.1) is 0 Å². The number of benzene rings is 1. The average molecular weight is 388 g/mol. The molecule has 28 heavy (non-hydrogen) atoms. The molecule has 0 spiro atoms. The number of hydrogen-bond acceptors (Lipinski definition) is 4. The molecule has 1 unspecified atom stereocenters. The first-order valence-electron chi connectivity index (χ1n) is 10.7. The first-order valence-corrected chi connectivity index (χ1v) is 10.7. The third-order valence-corrected chi connectivity index (χ3v) is 5.98. The molecule has 0 aromatic heterocycles. The van der Waals surface area contributed by atoms with E-state index in [1.807, 2.05) is 32.6 Å². The van der Waals surface area contributed by atoms with Crippen LogP contribution in [0, 0.1) is 5.92 Å². The van der Waals surface area contributed by atoms with Crippen molar-refractivity contribution in [2.24, 2.45) is 11.7 Å². The second-order valence-electron chi connectivity index (χ2n) is 9.68. The lowest BCUT2D eigenvalue weighted by molar-refractivity contribution is 0.0276. The van der Waals surface area contributed by atoms with Gasteiger partial charge in [0.2, 0.25) is 0 Å². The second kappa shape index (κ2) is 8.42. The summed E-state index contributed by atoms with van der Waals surface area (Å²) in [5, 5.41) is 0. The number of carbonyl (C=O) groups excluding carboxylic acids is 1. The molecule has 3 rings (SSSR count). The van der Waals surface area contributed by atoms with Crippen LogP contribution in [0.4, 0.5) is 4.79 Å². The van der Waals surface area contributed by atoms with Gasteiger partial charge in [0.05, 0.1) is 0 Å². The SMILES string of the molecule is C[C@H](N)c1ccc(C(CC2CC2)N(C)[C@@H]2CCN(C(=O)OC(C)(C)C)C2)cc1. The van der Waals surface area contributed by atoms with Gasteiger partial charge in [-0.25, -0.2) is 4.79 Å². The Hall–Kier alpha value is -1.59. The van der Waals surface area contributed by atoms with E-state index < -0.39 is 5.60 Å². The van der Waals surface area contributed by atoms with E-state index in [4.69, 9.17) is 10.5 Å². The Labute approximate surface area is 170 Å². The maximum absolute atomic E-state index is 12.4. The van der Waals surface area contributed by atoms with Crippen molar-refractivity contribution in [1.82, 2.24) is 9.80 Å². The molecule has 156 valence electrons. The molecule has 1 saturated carbocycles. The Bertz CT molecular complexity index is 661. The van der Waals surface area contributed by atoms with Crippen LogP contribution in [0.1, 0.15) is 76.6 Å². The van der Waals surface area contributed by atoms with Gasteiger partial charge >= 0.3 is 6.09 Å². The minimum absolute atomic E-state index is 0.0610. The maximum atomic E-state index is 12.4. The summed E-state index contributed by atoms with van der Waals surface area (Å²) in [6.45, 7) is 9.28. The third kappa shape index (κ3) is 5.48. The van der Waals surface area contributed by atoms with Crippen LogP contribution >= 0.6 is 0 Å². The summed E-state index contributed by atoms with van der Waals surface area (Å²) >= 11 is 0. The van der Waals surface area contributed by atoms with E-state index >= 15 is 0 Å². The molecular formula is C23H37N3O2. The van der Waals surface area contributed by atoms with Crippen LogP contribution in [0.3, 0.4) is 0 Å². The predicted octanol–water partition coefficient (Wildman–Crippen LogP) is 4.49. The fraction of sp³-hybridized carbons (Fsp3) is 0.696. The molecule has 1 heterocycles. The first-order chi connectivity index (χ1) is 13.1. The zero-order chi connectivity index (χ0) is 20.5. The van der Waals surface area contributed by atoms with Crippen LogP contribution < -0.4 is 5.73 Å². The summed E-state index contributed by atoms with van der Waals surface area (Å²) in [5.41, 5.74) is 8.10. The predicted molar refractivity (Wildman–Crippen MR) is 113 cm³/mol. The molecule has 2 aliphatic rings. The molecule has 1 saturated heterocycles. The molecule has 5 nitrogen and oxygen atoms in total. The molecule has 0 bridgehead atoms. The summed E-state index contributed by atoms with van der Waals surface area (Å²) in [6.07, 6.45) is 4.68. The minimum atomic E-state index is -0.447. The van der Waals surface area contributed by atoms with Gasteiger partial charge < -0.3 is 15.4 Å². The van der Waals surface area contributed by atoms with Crippen LogP contribution in [0.25, 0.3) is 0 Å². The Morgan fingerprint density at radius 2 is 1.82 bits per heavy atom. The summed E-state index contributed by atoms with van der Waals surface area (Å²) in [4.78, 5) is 16.8. The van der Waals surface area contributed by atoms with Gasteiger partial charge in [-0.2, -0.15) is 0 Å². The minimum Gasteiger partial charge on any atom is -0.444 e. The number of nitrogens with two attached hydrogens (primary N) is 1. The number of hydrogen-bond donors (Lipinski definition) is 1. The van der Waals surface area contributed by atoms with Crippen molar-refractivity contribution in [3.63, 3.8) is 0 Å². The molecule has 3 atom stereocenters.